The van der Waals surface area contributed by atoms with Crippen LogP contribution >= 0.6 is 35.0 Å². The summed E-state index contributed by atoms with van der Waals surface area (Å²) in [6.07, 6.45) is 4.46. The van der Waals surface area contributed by atoms with Gasteiger partial charge in [0.15, 0.2) is 0 Å². The first kappa shape index (κ1) is 14.4. The van der Waals surface area contributed by atoms with Crippen molar-refractivity contribution in [3.63, 3.8) is 0 Å². The van der Waals surface area contributed by atoms with Crippen LogP contribution in [0, 0.1) is 0 Å². The number of nitrogens with one attached hydrogen (secondary N) is 1. The summed E-state index contributed by atoms with van der Waals surface area (Å²) in [5, 5.41) is 5.29. The lowest BCUT2D eigenvalue weighted by atomic mass is 10.4. The molecule has 0 fully saturated rings. The molecule has 0 aliphatic carbocycles. The number of aromatic nitrogens is 2. The van der Waals surface area contributed by atoms with Crippen LogP contribution in [-0.4, -0.2) is 16.5 Å². The van der Waals surface area contributed by atoms with Gasteiger partial charge >= 0.3 is 0 Å². The average Bonchev–Trinajstić information content (AvgIpc) is 2.41. The Labute approximate surface area is 126 Å². The zero-order chi connectivity index (χ0) is 13.7. The predicted octanol–water partition coefficient (Wildman–Crippen LogP) is 4.76. The van der Waals surface area contributed by atoms with E-state index in [2.05, 4.69) is 22.2 Å². The fourth-order valence-electron chi connectivity index (χ4n) is 1.40. The monoisotopic (exact) mass is 313 g/mol. The Morgan fingerprint density at radius 3 is 2.89 bits per heavy atom. The van der Waals surface area contributed by atoms with Crippen molar-refractivity contribution < 1.29 is 0 Å². The smallest absolute Gasteiger partial charge is 0.145 e. The first-order valence-corrected chi connectivity index (χ1v) is 7.45. The molecule has 6 heteroatoms. The maximum atomic E-state index is 6.13. The quantitative estimate of drug-likeness (QED) is 0.863. The third-order valence-corrected chi connectivity index (χ3v) is 3.92. The molecule has 0 aliphatic heterocycles. The van der Waals surface area contributed by atoms with E-state index in [-0.39, 0.29) is 0 Å². The topological polar surface area (TPSA) is 37.8 Å². The molecule has 0 aliphatic rings. The van der Waals surface area contributed by atoms with E-state index in [1.54, 1.807) is 24.5 Å². The van der Waals surface area contributed by atoms with E-state index in [1.807, 2.05) is 6.07 Å². The van der Waals surface area contributed by atoms with Gasteiger partial charge in [0.1, 0.15) is 10.8 Å². The van der Waals surface area contributed by atoms with Crippen LogP contribution in [0.2, 0.25) is 10.0 Å². The molecule has 0 bridgehead atoms. The van der Waals surface area contributed by atoms with E-state index in [4.69, 9.17) is 23.2 Å². The zero-order valence-electron chi connectivity index (χ0n) is 10.4. The van der Waals surface area contributed by atoms with E-state index in [0.29, 0.717) is 10.0 Å². The van der Waals surface area contributed by atoms with Crippen LogP contribution in [0.3, 0.4) is 0 Å². The molecule has 0 spiro atoms. The Morgan fingerprint density at radius 1 is 1.26 bits per heavy atom. The number of anilines is 1. The van der Waals surface area contributed by atoms with Gasteiger partial charge in [-0.2, -0.15) is 0 Å². The highest BCUT2D eigenvalue weighted by Gasteiger charge is 2.06. The highest BCUT2D eigenvalue weighted by Crippen LogP contribution is 2.34. The molecule has 1 heterocycles. The normalized spacial score (nSPS) is 10.5. The molecule has 1 aromatic carbocycles. The molecule has 1 aromatic heterocycles. The van der Waals surface area contributed by atoms with Crippen molar-refractivity contribution >= 4 is 40.8 Å². The van der Waals surface area contributed by atoms with Gasteiger partial charge in [-0.25, -0.2) is 4.98 Å². The summed E-state index contributed by atoms with van der Waals surface area (Å²) in [5.41, 5.74) is 0. The molecule has 1 N–H and O–H groups in total. The van der Waals surface area contributed by atoms with Gasteiger partial charge in [0.2, 0.25) is 0 Å². The summed E-state index contributed by atoms with van der Waals surface area (Å²) in [7, 11) is 0. The first-order valence-electron chi connectivity index (χ1n) is 5.88. The molecule has 0 atom stereocenters. The second-order valence-corrected chi connectivity index (χ2v) is 5.75. The van der Waals surface area contributed by atoms with Gasteiger partial charge in [-0.1, -0.05) is 41.9 Å². The molecule has 19 heavy (non-hydrogen) atoms. The van der Waals surface area contributed by atoms with Crippen molar-refractivity contribution in [2.75, 3.05) is 11.9 Å². The molecule has 2 aromatic rings. The minimum Gasteiger partial charge on any atom is -0.369 e. The number of benzene rings is 1. The minimum atomic E-state index is 0.653. The van der Waals surface area contributed by atoms with Gasteiger partial charge in [-0.15, -0.1) is 0 Å². The summed E-state index contributed by atoms with van der Waals surface area (Å²) in [6.45, 7) is 2.98. The van der Waals surface area contributed by atoms with Crippen molar-refractivity contribution in [3.05, 3.63) is 40.6 Å². The minimum absolute atomic E-state index is 0.653. The van der Waals surface area contributed by atoms with Gasteiger partial charge in [0.25, 0.3) is 0 Å². The summed E-state index contributed by atoms with van der Waals surface area (Å²) in [4.78, 5) is 9.50. The van der Waals surface area contributed by atoms with E-state index < -0.39 is 0 Å². The Hall–Kier alpha value is -0.970. The van der Waals surface area contributed by atoms with Crippen LogP contribution in [0.15, 0.2) is 40.5 Å². The number of hydrogen-bond acceptors (Lipinski definition) is 4. The molecule has 2 rings (SSSR count). The van der Waals surface area contributed by atoms with E-state index >= 15 is 0 Å². The lowest BCUT2D eigenvalue weighted by Crippen LogP contribution is -2.02. The van der Waals surface area contributed by atoms with Crippen molar-refractivity contribution in [2.24, 2.45) is 0 Å². The highest BCUT2D eigenvalue weighted by molar-refractivity contribution is 7.99. The lowest BCUT2D eigenvalue weighted by Gasteiger charge is -2.06. The maximum Gasteiger partial charge on any atom is 0.145 e. The second kappa shape index (κ2) is 6.98. The van der Waals surface area contributed by atoms with E-state index in [0.717, 1.165) is 28.7 Å². The molecular weight excluding hydrogens is 301 g/mol. The van der Waals surface area contributed by atoms with Crippen molar-refractivity contribution in [1.29, 1.82) is 0 Å². The second-order valence-electron chi connectivity index (χ2n) is 3.85. The first-order chi connectivity index (χ1) is 9.19. The molecule has 3 nitrogen and oxygen atoms in total. The van der Waals surface area contributed by atoms with Gasteiger partial charge < -0.3 is 5.32 Å². The fourth-order valence-corrected chi connectivity index (χ4v) is 2.71. The zero-order valence-corrected chi connectivity index (χ0v) is 12.7. The van der Waals surface area contributed by atoms with Gasteiger partial charge in [-0.3, -0.25) is 4.98 Å². The summed E-state index contributed by atoms with van der Waals surface area (Å²) < 4.78 is 0. The van der Waals surface area contributed by atoms with Crippen LogP contribution in [0.1, 0.15) is 13.3 Å². The molecule has 0 saturated heterocycles. The largest absolute Gasteiger partial charge is 0.369 e. The Kier molecular flexibility index (Phi) is 5.31. The van der Waals surface area contributed by atoms with E-state index in [1.165, 1.54) is 11.8 Å². The van der Waals surface area contributed by atoms with Crippen LogP contribution in [-0.2, 0) is 0 Å². The Bertz CT molecular complexity index is 563. The van der Waals surface area contributed by atoms with Gasteiger partial charge in [0, 0.05) is 16.5 Å². The Morgan fingerprint density at radius 2 is 2.11 bits per heavy atom. The van der Waals surface area contributed by atoms with Crippen LogP contribution in [0.25, 0.3) is 0 Å². The third kappa shape index (κ3) is 4.27. The van der Waals surface area contributed by atoms with Crippen molar-refractivity contribution in [1.82, 2.24) is 9.97 Å². The number of nitrogens with zero attached hydrogens (tertiary/aromatic N) is 2. The van der Waals surface area contributed by atoms with Crippen molar-refractivity contribution in [3.8, 4) is 0 Å². The molecular formula is C13H13Cl2N3S. The summed E-state index contributed by atoms with van der Waals surface area (Å²) in [6, 6.07) is 5.36. The predicted molar refractivity (Wildman–Crippen MR) is 81.4 cm³/mol. The molecule has 0 radical (unpaired) electrons. The highest BCUT2D eigenvalue weighted by atomic mass is 35.5. The number of rotatable bonds is 5. The number of halogens is 2. The lowest BCUT2D eigenvalue weighted by molar-refractivity contribution is 0.948. The SMILES string of the molecule is CCCNc1cncc(Sc2cc(Cl)ccc2Cl)n1. The summed E-state index contributed by atoms with van der Waals surface area (Å²) in [5.74, 6) is 0.769. The molecule has 100 valence electrons. The maximum absolute atomic E-state index is 6.13. The Balaban J connectivity index is 2.16. The third-order valence-electron chi connectivity index (χ3n) is 2.28. The summed E-state index contributed by atoms with van der Waals surface area (Å²) >= 11 is 13.5. The van der Waals surface area contributed by atoms with Crippen LogP contribution < -0.4 is 5.32 Å². The standard InChI is InChI=1S/C13H13Cl2N3S/c1-2-5-17-12-7-16-8-13(18-12)19-11-6-9(14)3-4-10(11)15/h3-4,6-8H,2,5H2,1H3,(H,17,18). The van der Waals surface area contributed by atoms with Crippen LogP contribution in [0.5, 0.6) is 0 Å². The molecule has 0 amide bonds. The fraction of sp³-hybridized carbons (Fsp3) is 0.231. The number of hydrogen-bond donors (Lipinski definition) is 1. The van der Waals surface area contributed by atoms with Crippen molar-refractivity contribution in [2.45, 2.75) is 23.3 Å². The molecule has 0 unspecified atom stereocenters. The van der Waals surface area contributed by atoms with Gasteiger partial charge in [-0.05, 0) is 24.6 Å². The average molecular weight is 314 g/mol. The molecule has 0 saturated carbocycles. The van der Waals surface area contributed by atoms with Crippen LogP contribution in [0.4, 0.5) is 5.82 Å². The van der Waals surface area contributed by atoms with E-state index in [9.17, 15) is 0 Å². The van der Waals surface area contributed by atoms with Gasteiger partial charge in [0.05, 0.1) is 17.4 Å².